The molecule has 0 spiro atoms. The van der Waals surface area contributed by atoms with Gasteiger partial charge in [0.2, 0.25) is 0 Å². The van der Waals surface area contributed by atoms with Gasteiger partial charge < -0.3 is 0 Å². The number of hydrogen-bond acceptors (Lipinski definition) is 3. The number of rotatable bonds is 4. The summed E-state index contributed by atoms with van der Waals surface area (Å²) in [7, 11) is 0. The number of nitrogens with zero attached hydrogens (tertiary/aromatic N) is 2. The summed E-state index contributed by atoms with van der Waals surface area (Å²) in [5.74, 6) is 0. The average molecular weight is 618 g/mol. The summed E-state index contributed by atoms with van der Waals surface area (Å²) in [6.45, 7) is 17.0. The van der Waals surface area contributed by atoms with Gasteiger partial charge in [0.25, 0.3) is 0 Å². The van der Waals surface area contributed by atoms with Crippen molar-refractivity contribution in [1.29, 1.82) is 0 Å². The Hall–Kier alpha value is -1.04. The fourth-order valence-corrected chi connectivity index (χ4v) is 4.77. The van der Waals surface area contributed by atoms with Gasteiger partial charge in [-0.1, -0.05) is 35.4 Å². The van der Waals surface area contributed by atoms with Crippen molar-refractivity contribution in [3.63, 3.8) is 0 Å². The Morgan fingerprint density at radius 3 is 1.22 bits per heavy atom. The van der Waals surface area contributed by atoms with Crippen LogP contribution in [0.15, 0.2) is 46.4 Å². The maximum absolute atomic E-state index is 4.95. The Morgan fingerprint density at radius 1 is 0.656 bits per heavy atom. The zero-order valence-corrected chi connectivity index (χ0v) is 25.0. The second-order valence-electron chi connectivity index (χ2n) is 8.10. The third-order valence-corrected chi connectivity index (χ3v) is 6.45. The van der Waals surface area contributed by atoms with E-state index >= 15 is 0 Å². The van der Waals surface area contributed by atoms with Crippen molar-refractivity contribution in [2.75, 3.05) is 0 Å². The van der Waals surface area contributed by atoms with E-state index in [0.29, 0.717) is 0 Å². The molecule has 6 heteroatoms. The topological polar surface area (TPSA) is 24.7 Å². The first-order valence-electron chi connectivity index (χ1n) is 10.3. The Labute approximate surface area is 217 Å². The van der Waals surface area contributed by atoms with Crippen LogP contribution < -0.4 is 0 Å². The molecule has 0 fully saturated rings. The molecule has 32 heavy (non-hydrogen) atoms. The van der Waals surface area contributed by atoms with Crippen LogP contribution >= 0.6 is 39.6 Å². The van der Waals surface area contributed by atoms with E-state index in [4.69, 9.17) is 9.98 Å². The second kappa shape index (κ2) is 12.4. The molecule has 0 unspecified atom stereocenters. The predicted octanol–water partition coefficient (Wildman–Crippen LogP) is 9.57. The molecule has 172 valence electrons. The first kappa shape index (κ1) is 27.2. The molecule has 1 heterocycles. The summed E-state index contributed by atoms with van der Waals surface area (Å²) >= 11 is 8.76. The SMILES string of the molecule is CC(=Nc1c(C)cc(C)cc1C)c1ccc(C(C)=Nc2c(C)cc(C)cc2C)s1.[Br][Fe][Br]. The number of aliphatic imine (C=N–C) groups is 2. The van der Waals surface area contributed by atoms with Crippen LogP contribution in [0.25, 0.3) is 0 Å². The Bertz CT molecular complexity index is 1030. The predicted molar refractivity (Wildman–Crippen MR) is 147 cm³/mol. The van der Waals surface area contributed by atoms with Crippen LogP contribution in [0.4, 0.5) is 11.4 Å². The minimum atomic E-state index is 0.875. The van der Waals surface area contributed by atoms with E-state index in [1.54, 1.807) is 11.3 Å². The first-order chi connectivity index (χ1) is 15.1. The standard InChI is InChI=1S/C26H30N2S.2BrH.Fe/c1-15-11-17(3)25(18(4)12-15)27-21(7)23-9-10-24(29-23)22(8)28-26-19(5)13-16(2)14-20(26)6;;;/h9-14H,1-8H3;2*1H;/q;;;+2/p-2. The third-order valence-electron chi connectivity index (χ3n) is 5.15. The van der Waals surface area contributed by atoms with E-state index in [9.17, 15) is 0 Å². The van der Waals surface area contributed by atoms with Gasteiger partial charge >= 0.3 is 39.6 Å². The number of hydrogen-bond donors (Lipinski definition) is 0. The molecule has 3 aromatic rings. The fourth-order valence-electron chi connectivity index (χ4n) is 3.87. The van der Waals surface area contributed by atoms with E-state index in [2.05, 4.69) is 120 Å². The zero-order chi connectivity index (χ0) is 24.0. The van der Waals surface area contributed by atoms with Gasteiger partial charge in [-0.05, 0) is 89.8 Å². The molecule has 0 N–H and O–H groups in total. The summed E-state index contributed by atoms with van der Waals surface area (Å²) < 4.78 is 0. The zero-order valence-electron chi connectivity index (χ0n) is 19.9. The van der Waals surface area contributed by atoms with Gasteiger partial charge in [-0.15, -0.1) is 11.3 Å². The molecule has 2 nitrogen and oxygen atoms in total. The molecule has 0 aliphatic heterocycles. The normalized spacial score (nSPS) is 12.1. The second-order valence-corrected chi connectivity index (χ2v) is 14.8. The molecule has 0 aliphatic rings. The molecule has 0 atom stereocenters. The minimum absolute atomic E-state index is 0.875. The number of halogens is 2. The molecule has 0 aliphatic carbocycles. The van der Waals surface area contributed by atoms with Crippen LogP contribution in [0, 0.1) is 41.5 Å². The number of thiophene rings is 1. The molecule has 0 radical (unpaired) electrons. The molecular formula is C26H30Br2FeN2S. The molecule has 0 saturated heterocycles. The molecule has 1 aromatic heterocycles. The van der Waals surface area contributed by atoms with E-state index in [-0.39, 0.29) is 0 Å². The van der Waals surface area contributed by atoms with Crippen LogP contribution in [0.1, 0.15) is 57.0 Å². The van der Waals surface area contributed by atoms with Gasteiger partial charge in [0.1, 0.15) is 0 Å². The van der Waals surface area contributed by atoms with E-state index in [1.807, 2.05) is 0 Å². The van der Waals surface area contributed by atoms with E-state index in [1.165, 1.54) is 43.1 Å². The molecule has 3 rings (SSSR count). The monoisotopic (exact) mass is 616 g/mol. The average Bonchev–Trinajstić information content (AvgIpc) is 3.18. The number of aryl methyl sites for hydroxylation is 6. The number of benzene rings is 2. The van der Waals surface area contributed by atoms with Gasteiger partial charge in [-0.3, -0.25) is 9.98 Å². The molecule has 0 saturated carbocycles. The van der Waals surface area contributed by atoms with Gasteiger partial charge in [0, 0.05) is 9.75 Å². The van der Waals surface area contributed by atoms with Crippen molar-refractivity contribution < 1.29 is 11.3 Å². The van der Waals surface area contributed by atoms with Crippen molar-refractivity contribution in [2.24, 2.45) is 9.98 Å². The van der Waals surface area contributed by atoms with Crippen molar-refractivity contribution in [3.05, 3.63) is 79.5 Å². The first-order valence-corrected chi connectivity index (χ1v) is 16.6. The van der Waals surface area contributed by atoms with E-state index in [0.717, 1.165) is 34.1 Å². The van der Waals surface area contributed by atoms with E-state index < -0.39 is 0 Å². The molecule has 0 amide bonds. The Kier molecular flexibility index (Phi) is 10.6. The van der Waals surface area contributed by atoms with Crippen molar-refractivity contribution in [2.45, 2.75) is 55.4 Å². The summed E-state index contributed by atoms with van der Waals surface area (Å²) in [6.07, 6.45) is 0. The molecule has 0 bridgehead atoms. The van der Waals surface area contributed by atoms with Crippen LogP contribution in [0.2, 0.25) is 0 Å². The van der Waals surface area contributed by atoms with Crippen LogP contribution in [-0.2, 0) is 11.3 Å². The summed E-state index contributed by atoms with van der Waals surface area (Å²) in [5, 5.41) is 0. The van der Waals surface area contributed by atoms with Crippen molar-refractivity contribution in [3.8, 4) is 0 Å². The summed E-state index contributed by atoms with van der Waals surface area (Å²) in [5.41, 5.74) is 11.7. The van der Waals surface area contributed by atoms with Gasteiger partial charge in [-0.25, -0.2) is 0 Å². The van der Waals surface area contributed by atoms with Crippen LogP contribution in [-0.4, -0.2) is 11.4 Å². The summed E-state index contributed by atoms with van der Waals surface area (Å²) in [4.78, 5) is 12.3. The Balaban J connectivity index is 0.00000114. The Morgan fingerprint density at radius 2 is 0.938 bits per heavy atom. The van der Waals surface area contributed by atoms with Crippen molar-refractivity contribution >= 4 is 62.4 Å². The quantitative estimate of drug-likeness (QED) is 0.206. The van der Waals surface area contributed by atoms with Crippen molar-refractivity contribution in [1.82, 2.24) is 0 Å². The van der Waals surface area contributed by atoms with Gasteiger partial charge in [0.05, 0.1) is 22.8 Å². The van der Waals surface area contributed by atoms with Crippen LogP contribution in [0.5, 0.6) is 0 Å². The van der Waals surface area contributed by atoms with Crippen LogP contribution in [0.3, 0.4) is 0 Å². The maximum atomic E-state index is 4.95. The third kappa shape index (κ3) is 7.23. The van der Waals surface area contributed by atoms with Gasteiger partial charge in [0.15, 0.2) is 0 Å². The molecule has 2 aromatic carbocycles. The fraction of sp³-hybridized carbons (Fsp3) is 0.308. The van der Waals surface area contributed by atoms with Gasteiger partial charge in [-0.2, -0.15) is 0 Å². The summed E-state index contributed by atoms with van der Waals surface area (Å²) in [6, 6.07) is 13.1. The molecular weight excluding hydrogens is 588 g/mol.